The number of carbonyl (C=O) groups is 4. The lowest BCUT2D eigenvalue weighted by Crippen LogP contribution is -2.56. The van der Waals surface area contributed by atoms with Crippen LogP contribution in [0.2, 0.25) is 0 Å². The lowest BCUT2D eigenvalue weighted by Gasteiger charge is -2.21. The summed E-state index contributed by atoms with van der Waals surface area (Å²) in [5, 5.41) is 5.06. The largest absolute Gasteiger partial charge is 0.484 e. The highest BCUT2D eigenvalue weighted by Gasteiger charge is 2.28. The highest BCUT2D eigenvalue weighted by atomic mass is 16.5. The Hall–Kier alpha value is -3.10. The smallest absolute Gasteiger partial charge is 0.327 e. The van der Waals surface area contributed by atoms with Gasteiger partial charge in [0.2, 0.25) is 0 Å². The average Bonchev–Trinajstić information content (AvgIpc) is 3.46. The monoisotopic (exact) mass is 376 g/mol. The summed E-state index contributed by atoms with van der Waals surface area (Å²) in [5.41, 5.74) is 4.21. The van der Waals surface area contributed by atoms with Gasteiger partial charge in [-0.05, 0) is 30.9 Å². The Bertz CT molecular complexity index is 688. The molecule has 0 aliphatic heterocycles. The Morgan fingerprint density at radius 1 is 1.04 bits per heavy atom. The predicted octanol–water partition coefficient (Wildman–Crippen LogP) is -0.368. The molecule has 4 amide bonds. The predicted molar refractivity (Wildman–Crippen MR) is 96.2 cm³/mol. The van der Waals surface area contributed by atoms with Gasteiger partial charge in [0.1, 0.15) is 11.8 Å². The minimum absolute atomic E-state index is 0.0336. The van der Waals surface area contributed by atoms with Crippen LogP contribution in [0.5, 0.6) is 5.75 Å². The van der Waals surface area contributed by atoms with Crippen molar-refractivity contribution < 1.29 is 23.9 Å². The number of hydrogen-bond acceptors (Lipinski definition) is 5. The number of nitrogens with one attached hydrogen (secondary N) is 4. The van der Waals surface area contributed by atoms with Gasteiger partial charge < -0.3 is 15.4 Å². The van der Waals surface area contributed by atoms with Crippen molar-refractivity contribution in [1.82, 2.24) is 21.5 Å². The Labute approximate surface area is 157 Å². The molecule has 1 aliphatic rings. The molecule has 1 aliphatic carbocycles. The molecule has 9 heteroatoms. The average molecular weight is 376 g/mol. The third-order valence-corrected chi connectivity index (χ3v) is 3.80. The Kier molecular flexibility index (Phi) is 7.16. The van der Waals surface area contributed by atoms with Crippen LogP contribution in [-0.4, -0.2) is 42.3 Å². The van der Waals surface area contributed by atoms with E-state index in [2.05, 4.69) is 16.1 Å². The number of para-hydroxylation sites is 1. The molecular formula is C18H24N4O5. The molecule has 0 spiro atoms. The van der Waals surface area contributed by atoms with E-state index in [4.69, 9.17) is 4.74 Å². The topological polar surface area (TPSA) is 126 Å². The van der Waals surface area contributed by atoms with E-state index >= 15 is 0 Å². The van der Waals surface area contributed by atoms with Crippen molar-refractivity contribution in [2.75, 3.05) is 6.61 Å². The van der Waals surface area contributed by atoms with E-state index in [1.807, 2.05) is 11.5 Å². The lowest BCUT2D eigenvalue weighted by molar-refractivity contribution is -0.141. The molecule has 0 aromatic heterocycles. The molecule has 0 radical (unpaired) electrons. The first-order chi connectivity index (χ1) is 12.9. The number of hydrogen-bond donors (Lipinski definition) is 4. The molecule has 1 atom stereocenters. The van der Waals surface area contributed by atoms with Gasteiger partial charge in [-0.15, -0.1) is 0 Å². The van der Waals surface area contributed by atoms with Gasteiger partial charge in [0, 0.05) is 6.04 Å². The fraction of sp³-hybridized carbons (Fsp3) is 0.444. The molecule has 0 bridgehead atoms. The van der Waals surface area contributed by atoms with E-state index in [1.165, 1.54) is 0 Å². The van der Waals surface area contributed by atoms with Crippen molar-refractivity contribution in [3.63, 3.8) is 0 Å². The number of carbonyl (C=O) groups excluding carboxylic acids is 4. The molecule has 9 nitrogen and oxygen atoms in total. The standard InChI is InChI=1S/C18H24N4O5/c1-11(2)15(20-14(23)10-27-13-6-4-3-5-7-13)16(24)21-22-18(26)17(25)19-12-8-9-12/h3-7,11-12,15H,8-10H2,1-2H3,(H,19,25)(H,20,23)(H,21,24)(H,22,26)/t15-/m0/s1. The van der Waals surface area contributed by atoms with Crippen LogP contribution < -0.4 is 26.2 Å². The van der Waals surface area contributed by atoms with E-state index < -0.39 is 29.7 Å². The van der Waals surface area contributed by atoms with Gasteiger partial charge in [0.25, 0.3) is 11.8 Å². The highest BCUT2D eigenvalue weighted by molar-refractivity contribution is 6.35. The number of ether oxygens (including phenoxy) is 1. The van der Waals surface area contributed by atoms with E-state index in [1.54, 1.807) is 38.1 Å². The Morgan fingerprint density at radius 2 is 1.70 bits per heavy atom. The molecule has 0 saturated heterocycles. The van der Waals surface area contributed by atoms with Crippen LogP contribution in [0, 0.1) is 5.92 Å². The summed E-state index contributed by atoms with van der Waals surface area (Å²) in [6.07, 6.45) is 1.69. The van der Waals surface area contributed by atoms with Gasteiger partial charge in [0.05, 0.1) is 0 Å². The zero-order chi connectivity index (χ0) is 19.8. The van der Waals surface area contributed by atoms with Gasteiger partial charge >= 0.3 is 11.8 Å². The molecule has 2 rings (SSSR count). The summed E-state index contributed by atoms with van der Waals surface area (Å²) in [7, 11) is 0. The Balaban J connectivity index is 1.78. The molecule has 1 aromatic carbocycles. The van der Waals surface area contributed by atoms with Crippen LogP contribution in [-0.2, 0) is 19.2 Å². The third kappa shape index (κ3) is 6.96. The van der Waals surface area contributed by atoms with Crippen LogP contribution in [0.1, 0.15) is 26.7 Å². The molecule has 0 unspecified atom stereocenters. The summed E-state index contributed by atoms with van der Waals surface area (Å²) >= 11 is 0. The van der Waals surface area contributed by atoms with E-state index in [-0.39, 0.29) is 18.6 Å². The van der Waals surface area contributed by atoms with Crippen molar-refractivity contribution in [1.29, 1.82) is 0 Å². The fourth-order valence-corrected chi connectivity index (χ4v) is 2.15. The summed E-state index contributed by atoms with van der Waals surface area (Å²) in [6.45, 7) is 3.23. The molecule has 0 heterocycles. The summed E-state index contributed by atoms with van der Waals surface area (Å²) in [6, 6.07) is 7.93. The van der Waals surface area contributed by atoms with E-state index in [0.29, 0.717) is 5.75 Å². The maximum Gasteiger partial charge on any atom is 0.327 e. The van der Waals surface area contributed by atoms with Crippen LogP contribution in [0.3, 0.4) is 0 Å². The zero-order valence-corrected chi connectivity index (χ0v) is 15.3. The van der Waals surface area contributed by atoms with Crippen molar-refractivity contribution in [3.05, 3.63) is 30.3 Å². The highest BCUT2D eigenvalue weighted by Crippen LogP contribution is 2.18. The SMILES string of the molecule is CC(C)[C@H](NC(=O)COc1ccccc1)C(=O)NNC(=O)C(=O)NC1CC1. The molecule has 146 valence electrons. The van der Waals surface area contributed by atoms with Crippen molar-refractivity contribution in [3.8, 4) is 5.75 Å². The molecular weight excluding hydrogens is 352 g/mol. The number of amides is 4. The number of hydrazine groups is 1. The quantitative estimate of drug-likeness (QED) is 0.382. The zero-order valence-electron chi connectivity index (χ0n) is 15.3. The number of rotatable bonds is 7. The van der Waals surface area contributed by atoms with Gasteiger partial charge in [-0.2, -0.15) is 0 Å². The van der Waals surface area contributed by atoms with Gasteiger partial charge in [-0.3, -0.25) is 30.0 Å². The normalized spacial score (nSPS) is 14.0. The van der Waals surface area contributed by atoms with Crippen LogP contribution in [0.4, 0.5) is 0 Å². The van der Waals surface area contributed by atoms with Crippen LogP contribution in [0.15, 0.2) is 30.3 Å². The summed E-state index contributed by atoms with van der Waals surface area (Å²) in [4.78, 5) is 47.5. The first-order valence-electron chi connectivity index (χ1n) is 8.74. The third-order valence-electron chi connectivity index (χ3n) is 3.80. The Morgan fingerprint density at radius 3 is 2.30 bits per heavy atom. The minimum Gasteiger partial charge on any atom is -0.484 e. The van der Waals surface area contributed by atoms with Gasteiger partial charge in [0.15, 0.2) is 6.61 Å². The molecule has 4 N–H and O–H groups in total. The fourth-order valence-electron chi connectivity index (χ4n) is 2.15. The number of benzene rings is 1. The van der Waals surface area contributed by atoms with Crippen molar-refractivity contribution in [2.24, 2.45) is 5.92 Å². The molecule has 27 heavy (non-hydrogen) atoms. The van der Waals surface area contributed by atoms with Gasteiger partial charge in [-0.25, -0.2) is 0 Å². The van der Waals surface area contributed by atoms with Crippen LogP contribution >= 0.6 is 0 Å². The second-order valence-corrected chi connectivity index (χ2v) is 6.58. The molecule has 1 aromatic rings. The van der Waals surface area contributed by atoms with Crippen LogP contribution in [0.25, 0.3) is 0 Å². The van der Waals surface area contributed by atoms with Crippen molar-refractivity contribution >= 4 is 23.6 Å². The molecule has 1 fully saturated rings. The van der Waals surface area contributed by atoms with E-state index in [9.17, 15) is 19.2 Å². The van der Waals surface area contributed by atoms with Gasteiger partial charge in [-0.1, -0.05) is 32.0 Å². The maximum absolute atomic E-state index is 12.2. The summed E-state index contributed by atoms with van der Waals surface area (Å²) < 4.78 is 5.33. The van der Waals surface area contributed by atoms with E-state index in [0.717, 1.165) is 12.8 Å². The maximum atomic E-state index is 12.2. The minimum atomic E-state index is -0.962. The second kappa shape index (κ2) is 9.56. The second-order valence-electron chi connectivity index (χ2n) is 6.58. The first kappa shape index (κ1) is 20.2. The summed E-state index contributed by atoms with van der Waals surface area (Å²) in [5.74, 6) is -2.60. The first-order valence-corrected chi connectivity index (χ1v) is 8.74. The molecule has 1 saturated carbocycles. The van der Waals surface area contributed by atoms with Crippen molar-refractivity contribution in [2.45, 2.75) is 38.8 Å². The lowest BCUT2D eigenvalue weighted by atomic mass is 10.0.